The summed E-state index contributed by atoms with van der Waals surface area (Å²) in [4.78, 5) is 24.1. The quantitative estimate of drug-likeness (QED) is 0.0518. The van der Waals surface area contributed by atoms with Crippen molar-refractivity contribution in [3.8, 4) is 0 Å². The van der Waals surface area contributed by atoms with E-state index in [2.05, 4.69) is 98.9 Å². The molecule has 44 heavy (non-hydrogen) atoms. The zero-order valence-corrected chi connectivity index (χ0v) is 27.9. The second-order valence-corrected chi connectivity index (χ2v) is 10.8. The van der Waals surface area contributed by atoms with Gasteiger partial charge < -0.3 is 14.6 Å². The van der Waals surface area contributed by atoms with Crippen LogP contribution in [0.25, 0.3) is 0 Å². The van der Waals surface area contributed by atoms with E-state index in [9.17, 15) is 14.7 Å². The highest BCUT2D eigenvalue weighted by atomic mass is 16.6. The van der Waals surface area contributed by atoms with Crippen LogP contribution in [0.5, 0.6) is 0 Å². The van der Waals surface area contributed by atoms with Gasteiger partial charge in [-0.05, 0) is 83.5 Å². The third kappa shape index (κ3) is 32.0. The van der Waals surface area contributed by atoms with E-state index in [1.54, 1.807) is 0 Å². The van der Waals surface area contributed by atoms with Crippen molar-refractivity contribution in [2.75, 3.05) is 13.2 Å². The van der Waals surface area contributed by atoms with Crippen molar-refractivity contribution >= 4 is 11.9 Å². The highest BCUT2D eigenvalue weighted by molar-refractivity contribution is 5.70. The van der Waals surface area contributed by atoms with Crippen LogP contribution in [0, 0.1) is 0 Å². The predicted octanol–water partition coefficient (Wildman–Crippen LogP) is 10.4. The van der Waals surface area contributed by atoms with Crippen molar-refractivity contribution in [1.82, 2.24) is 0 Å². The molecule has 0 aliphatic heterocycles. The second kappa shape index (κ2) is 34.6. The molecule has 5 heteroatoms. The Kier molecular flexibility index (Phi) is 32.3. The second-order valence-electron chi connectivity index (χ2n) is 10.8. The number of aliphatic hydroxyl groups excluding tert-OH is 1. The maximum Gasteiger partial charge on any atom is 0.306 e. The molecule has 1 atom stereocenters. The number of carbonyl (C=O) groups excluding carboxylic acids is 2. The summed E-state index contributed by atoms with van der Waals surface area (Å²) < 4.78 is 10.5. The third-order valence-electron chi connectivity index (χ3n) is 6.68. The van der Waals surface area contributed by atoms with Crippen LogP contribution in [0.2, 0.25) is 0 Å². The Morgan fingerprint density at radius 2 is 0.909 bits per heavy atom. The molecule has 5 nitrogen and oxygen atoms in total. The van der Waals surface area contributed by atoms with Crippen LogP contribution in [0.1, 0.15) is 129 Å². The van der Waals surface area contributed by atoms with E-state index < -0.39 is 6.10 Å². The monoisotopic (exact) mass is 610 g/mol. The van der Waals surface area contributed by atoms with Gasteiger partial charge in [0.2, 0.25) is 0 Å². The molecule has 0 heterocycles. The molecule has 0 rings (SSSR count). The Bertz CT molecular complexity index is 875. The summed E-state index contributed by atoms with van der Waals surface area (Å²) in [5.41, 5.74) is 0. The molecule has 0 aliphatic carbocycles. The Morgan fingerprint density at radius 1 is 0.523 bits per heavy atom. The number of hydrogen-bond acceptors (Lipinski definition) is 5. The molecular weight excluding hydrogens is 548 g/mol. The summed E-state index contributed by atoms with van der Waals surface area (Å²) in [6.07, 6.45) is 46.4. The normalized spacial score (nSPS) is 13.2. The van der Waals surface area contributed by atoms with Crippen LogP contribution in [0.15, 0.2) is 85.1 Å². The summed E-state index contributed by atoms with van der Waals surface area (Å²) in [5.74, 6) is -0.671. The van der Waals surface area contributed by atoms with E-state index in [0.29, 0.717) is 12.8 Å². The van der Waals surface area contributed by atoms with Gasteiger partial charge >= 0.3 is 11.9 Å². The average molecular weight is 611 g/mol. The molecule has 0 saturated heterocycles. The molecule has 0 amide bonds. The highest BCUT2D eigenvalue weighted by Gasteiger charge is 2.16. The number of aliphatic hydroxyl groups is 1. The van der Waals surface area contributed by atoms with E-state index in [1.165, 1.54) is 0 Å². The summed E-state index contributed by atoms with van der Waals surface area (Å²) in [7, 11) is 0. The van der Waals surface area contributed by atoms with Gasteiger partial charge in [0.05, 0.1) is 6.61 Å². The maximum absolute atomic E-state index is 12.1. The lowest BCUT2D eigenvalue weighted by molar-refractivity contribution is -0.161. The van der Waals surface area contributed by atoms with Crippen LogP contribution in [0.3, 0.4) is 0 Å². The minimum absolute atomic E-state index is 0.100. The molecule has 0 unspecified atom stereocenters. The lowest BCUT2D eigenvalue weighted by atomic mass is 10.1. The molecule has 248 valence electrons. The maximum atomic E-state index is 12.1. The number of allylic oxidation sites excluding steroid dienone is 14. The smallest absolute Gasteiger partial charge is 0.306 e. The minimum atomic E-state index is -0.801. The van der Waals surface area contributed by atoms with Gasteiger partial charge in [-0.3, -0.25) is 9.59 Å². The van der Waals surface area contributed by atoms with Gasteiger partial charge in [-0.15, -0.1) is 0 Å². The first-order valence-corrected chi connectivity index (χ1v) is 17.1. The van der Waals surface area contributed by atoms with Crippen molar-refractivity contribution in [1.29, 1.82) is 0 Å². The molecule has 0 aliphatic rings. The standard InChI is InChI=1S/C39H62O5/c1-3-5-7-9-11-13-15-17-19-21-23-25-27-29-31-33-38(41)43-36-37(35-40)44-39(42)34-32-30-28-26-24-22-20-18-16-14-12-10-8-6-4-2/h5-8,11-14,17-20,23,25,37,40H,3-4,9-10,15-16,21-22,24,26-36H2,1-2H3/t37-/m0/s1. The van der Waals surface area contributed by atoms with Gasteiger partial charge in [0.25, 0.3) is 0 Å². The average Bonchev–Trinajstić information content (AvgIpc) is 3.02. The van der Waals surface area contributed by atoms with Crippen molar-refractivity contribution in [2.24, 2.45) is 0 Å². The fourth-order valence-corrected chi connectivity index (χ4v) is 4.14. The van der Waals surface area contributed by atoms with Crippen molar-refractivity contribution < 1.29 is 24.2 Å². The topological polar surface area (TPSA) is 72.8 Å². The molecule has 0 bridgehead atoms. The highest BCUT2D eigenvalue weighted by Crippen LogP contribution is 2.10. The number of rotatable bonds is 29. The van der Waals surface area contributed by atoms with E-state index in [4.69, 9.17) is 9.47 Å². The van der Waals surface area contributed by atoms with Gasteiger partial charge in [-0.2, -0.15) is 0 Å². The Labute approximate surface area is 269 Å². The molecular formula is C39H62O5. The van der Waals surface area contributed by atoms with Gasteiger partial charge in [-0.1, -0.05) is 118 Å². The Balaban J connectivity index is 3.73. The van der Waals surface area contributed by atoms with Gasteiger partial charge in [0.1, 0.15) is 6.61 Å². The first-order chi connectivity index (χ1) is 21.6. The number of hydrogen-bond donors (Lipinski definition) is 1. The molecule has 0 fully saturated rings. The fraction of sp³-hybridized carbons (Fsp3) is 0.590. The van der Waals surface area contributed by atoms with Gasteiger partial charge in [0, 0.05) is 12.8 Å². The van der Waals surface area contributed by atoms with Crippen LogP contribution >= 0.6 is 0 Å². The van der Waals surface area contributed by atoms with Crippen LogP contribution in [-0.2, 0) is 19.1 Å². The van der Waals surface area contributed by atoms with Crippen LogP contribution in [0.4, 0.5) is 0 Å². The van der Waals surface area contributed by atoms with Crippen LogP contribution < -0.4 is 0 Å². The third-order valence-corrected chi connectivity index (χ3v) is 6.68. The van der Waals surface area contributed by atoms with Crippen molar-refractivity contribution in [2.45, 2.75) is 136 Å². The molecule has 0 aromatic rings. The zero-order valence-electron chi connectivity index (χ0n) is 27.9. The summed E-state index contributed by atoms with van der Waals surface area (Å²) in [6, 6.07) is 0. The lowest BCUT2D eigenvalue weighted by Gasteiger charge is -2.15. The van der Waals surface area contributed by atoms with Crippen LogP contribution in [-0.4, -0.2) is 36.4 Å². The molecule has 0 saturated carbocycles. The number of carbonyl (C=O) groups is 2. The molecule has 0 aromatic heterocycles. The van der Waals surface area contributed by atoms with Gasteiger partial charge in [-0.25, -0.2) is 0 Å². The van der Waals surface area contributed by atoms with E-state index in [0.717, 1.165) is 103 Å². The molecule has 0 radical (unpaired) electrons. The van der Waals surface area contributed by atoms with E-state index >= 15 is 0 Å². The zero-order chi connectivity index (χ0) is 32.2. The SMILES string of the molecule is CCC=CCC=CCC=CCC=CCCCCC(=O)OC[C@H](CO)OC(=O)CCCCCCCC=CCC=CCC=CCC. The minimum Gasteiger partial charge on any atom is -0.462 e. The van der Waals surface area contributed by atoms with Crippen molar-refractivity contribution in [3.05, 3.63) is 85.1 Å². The number of unbranched alkanes of at least 4 members (excludes halogenated alkanes) is 7. The largest absolute Gasteiger partial charge is 0.462 e. The first-order valence-electron chi connectivity index (χ1n) is 17.1. The summed E-state index contributed by atoms with van der Waals surface area (Å²) in [5, 5.41) is 9.51. The first kappa shape index (κ1) is 41.1. The molecule has 1 N–H and O–H groups in total. The Morgan fingerprint density at radius 3 is 1.41 bits per heavy atom. The Hall–Kier alpha value is -2.92. The predicted molar refractivity (Wildman–Crippen MR) is 186 cm³/mol. The lowest BCUT2D eigenvalue weighted by Crippen LogP contribution is -2.28. The van der Waals surface area contributed by atoms with E-state index in [-0.39, 0.29) is 25.2 Å². The fourth-order valence-electron chi connectivity index (χ4n) is 4.14. The van der Waals surface area contributed by atoms with Crippen molar-refractivity contribution in [3.63, 3.8) is 0 Å². The molecule has 0 spiro atoms. The van der Waals surface area contributed by atoms with Gasteiger partial charge in [0.15, 0.2) is 6.10 Å². The van der Waals surface area contributed by atoms with E-state index in [1.807, 2.05) is 0 Å². The number of ether oxygens (including phenoxy) is 2. The summed E-state index contributed by atoms with van der Waals surface area (Å²) >= 11 is 0. The number of esters is 2. The molecule has 0 aromatic carbocycles. The summed E-state index contributed by atoms with van der Waals surface area (Å²) in [6.45, 7) is 3.83.